The van der Waals surface area contributed by atoms with E-state index in [0.29, 0.717) is 12.3 Å². The molecule has 0 fully saturated rings. The number of ether oxygens (including phenoxy) is 1. The van der Waals surface area contributed by atoms with Crippen molar-refractivity contribution in [1.82, 2.24) is 0 Å². The summed E-state index contributed by atoms with van der Waals surface area (Å²) in [5.74, 6) is 0. The van der Waals surface area contributed by atoms with Crippen LogP contribution in [-0.2, 0) is 11.3 Å². The van der Waals surface area contributed by atoms with Crippen LogP contribution in [0.15, 0.2) is 24.3 Å². The summed E-state index contributed by atoms with van der Waals surface area (Å²) < 4.78 is 5.90. The van der Waals surface area contributed by atoms with E-state index in [9.17, 15) is 0 Å². The lowest BCUT2D eigenvalue weighted by Crippen LogP contribution is -2.37. The quantitative estimate of drug-likeness (QED) is 0.705. The minimum absolute atomic E-state index is 0.386. The zero-order valence-electron chi connectivity index (χ0n) is 10.2. The van der Waals surface area contributed by atoms with Crippen LogP contribution in [0.3, 0.4) is 0 Å². The Morgan fingerprint density at radius 3 is 2.40 bits per heavy atom. The van der Waals surface area contributed by atoms with Crippen LogP contribution < -0.4 is 0 Å². The van der Waals surface area contributed by atoms with Gasteiger partial charge in [-0.3, -0.25) is 0 Å². The molecular weight excluding hydrogens is 200 g/mol. The van der Waals surface area contributed by atoms with Crippen molar-refractivity contribution in [2.24, 2.45) is 0 Å². The molecule has 0 N–H and O–H groups in total. The molecule has 0 aromatic heterocycles. The summed E-state index contributed by atoms with van der Waals surface area (Å²) in [6.07, 6.45) is 0. The fourth-order valence-electron chi connectivity index (χ4n) is 1.16. The first kappa shape index (κ1) is 12.5. The van der Waals surface area contributed by atoms with E-state index in [4.69, 9.17) is 4.74 Å². The van der Waals surface area contributed by atoms with E-state index in [0.717, 1.165) is 5.56 Å². The maximum Gasteiger partial charge on any atom is 0.0781 e. The van der Waals surface area contributed by atoms with Crippen molar-refractivity contribution in [3.05, 3.63) is 42.3 Å². The largest absolute Gasteiger partial charge is 0.377 e. The maximum absolute atomic E-state index is 5.90. The van der Waals surface area contributed by atoms with Gasteiger partial charge in [0.1, 0.15) is 0 Å². The molecule has 0 spiro atoms. The Morgan fingerprint density at radius 2 is 1.87 bits per heavy atom. The van der Waals surface area contributed by atoms with Crippen LogP contribution in [0.1, 0.15) is 18.1 Å². The summed E-state index contributed by atoms with van der Waals surface area (Å²) in [6.45, 7) is 13.8. The van der Waals surface area contributed by atoms with E-state index >= 15 is 0 Å². The lowest BCUT2D eigenvalue weighted by molar-refractivity contribution is 0.0976. The number of hydrogen-bond donors (Lipinski definition) is 0. The molecule has 0 bridgehead atoms. The van der Waals surface area contributed by atoms with Crippen molar-refractivity contribution in [1.29, 1.82) is 0 Å². The predicted molar refractivity (Wildman–Crippen MR) is 68.5 cm³/mol. The number of hydrogen-bond acceptors (Lipinski definition) is 1. The van der Waals surface area contributed by atoms with E-state index in [2.05, 4.69) is 39.6 Å². The first-order valence-electron chi connectivity index (χ1n) is 5.42. The van der Waals surface area contributed by atoms with Gasteiger partial charge in [-0.1, -0.05) is 43.9 Å². The Labute approximate surface area is 94.5 Å². The average molecular weight is 221 g/mol. The molecule has 1 aromatic rings. The van der Waals surface area contributed by atoms with Gasteiger partial charge < -0.3 is 4.74 Å². The molecule has 1 radical (unpaired) electrons. The Balaban J connectivity index is 2.55. The minimum atomic E-state index is -1.17. The SMILES string of the molecule is [CH2]c1ccccc1COC(C)[Si](C)(C)C. The van der Waals surface area contributed by atoms with Crippen molar-refractivity contribution < 1.29 is 4.74 Å². The molecule has 1 atom stereocenters. The van der Waals surface area contributed by atoms with Gasteiger partial charge in [-0.2, -0.15) is 0 Å². The van der Waals surface area contributed by atoms with Crippen molar-refractivity contribution in [2.45, 2.75) is 38.9 Å². The lowest BCUT2D eigenvalue weighted by atomic mass is 10.1. The Kier molecular flexibility index (Phi) is 4.11. The molecule has 1 rings (SSSR count). The molecule has 83 valence electrons. The van der Waals surface area contributed by atoms with E-state index in [1.165, 1.54) is 5.56 Å². The summed E-state index contributed by atoms with van der Waals surface area (Å²) in [5, 5.41) is 0. The van der Waals surface area contributed by atoms with Crippen LogP contribution in [0.25, 0.3) is 0 Å². The van der Waals surface area contributed by atoms with Crippen LogP contribution in [0.2, 0.25) is 19.6 Å². The molecule has 15 heavy (non-hydrogen) atoms. The highest BCUT2D eigenvalue weighted by molar-refractivity contribution is 6.77. The van der Waals surface area contributed by atoms with Gasteiger partial charge in [0.15, 0.2) is 0 Å². The maximum atomic E-state index is 5.90. The van der Waals surface area contributed by atoms with Gasteiger partial charge in [-0.25, -0.2) is 0 Å². The molecule has 0 heterocycles. The summed E-state index contributed by atoms with van der Waals surface area (Å²) in [4.78, 5) is 0. The van der Waals surface area contributed by atoms with Gasteiger partial charge in [0.25, 0.3) is 0 Å². The smallest absolute Gasteiger partial charge is 0.0781 e. The topological polar surface area (TPSA) is 9.23 Å². The highest BCUT2D eigenvalue weighted by Crippen LogP contribution is 2.15. The molecule has 0 aliphatic rings. The summed E-state index contributed by atoms with van der Waals surface area (Å²) >= 11 is 0. The molecule has 0 aliphatic carbocycles. The summed E-state index contributed by atoms with van der Waals surface area (Å²) in [6, 6.07) is 8.15. The predicted octanol–water partition coefficient (Wildman–Crippen LogP) is 3.65. The van der Waals surface area contributed by atoms with Gasteiger partial charge in [-0.05, 0) is 25.0 Å². The monoisotopic (exact) mass is 221 g/mol. The van der Waals surface area contributed by atoms with E-state index in [1.807, 2.05) is 18.2 Å². The zero-order chi connectivity index (χ0) is 11.5. The van der Waals surface area contributed by atoms with Gasteiger partial charge in [0, 0.05) is 5.73 Å². The molecule has 0 aliphatic heterocycles. The Hall–Kier alpha value is -0.603. The second-order valence-electron chi connectivity index (χ2n) is 5.09. The first-order chi connectivity index (χ1) is 6.91. The molecule has 1 nitrogen and oxygen atoms in total. The Morgan fingerprint density at radius 1 is 1.27 bits per heavy atom. The van der Waals surface area contributed by atoms with Crippen molar-refractivity contribution in [2.75, 3.05) is 0 Å². The van der Waals surface area contributed by atoms with Crippen LogP contribution in [0.4, 0.5) is 0 Å². The summed E-state index contributed by atoms with van der Waals surface area (Å²) in [5.41, 5.74) is 2.65. The van der Waals surface area contributed by atoms with Gasteiger partial charge >= 0.3 is 0 Å². The van der Waals surface area contributed by atoms with E-state index < -0.39 is 8.07 Å². The normalized spacial score (nSPS) is 13.9. The molecule has 0 amide bonds. The molecule has 0 saturated heterocycles. The highest BCUT2D eigenvalue weighted by Gasteiger charge is 2.22. The molecule has 2 heteroatoms. The molecular formula is C13H21OSi. The highest BCUT2D eigenvalue weighted by atomic mass is 28.3. The Bertz CT molecular complexity index is 315. The van der Waals surface area contributed by atoms with Crippen LogP contribution >= 0.6 is 0 Å². The van der Waals surface area contributed by atoms with E-state index in [1.54, 1.807) is 0 Å². The van der Waals surface area contributed by atoms with Gasteiger partial charge in [0.05, 0.1) is 14.7 Å². The van der Waals surface area contributed by atoms with E-state index in [-0.39, 0.29) is 0 Å². The third kappa shape index (κ3) is 3.80. The van der Waals surface area contributed by atoms with Crippen molar-refractivity contribution >= 4 is 8.07 Å². The number of benzene rings is 1. The zero-order valence-corrected chi connectivity index (χ0v) is 11.2. The first-order valence-corrected chi connectivity index (χ1v) is 9.00. The fourth-order valence-corrected chi connectivity index (χ4v) is 1.75. The van der Waals surface area contributed by atoms with Crippen LogP contribution in [0, 0.1) is 6.92 Å². The average Bonchev–Trinajstić information content (AvgIpc) is 2.14. The molecule has 0 saturated carbocycles. The van der Waals surface area contributed by atoms with Crippen LogP contribution in [0.5, 0.6) is 0 Å². The third-order valence-corrected chi connectivity index (χ3v) is 5.43. The van der Waals surface area contributed by atoms with Gasteiger partial charge in [0.2, 0.25) is 0 Å². The number of rotatable bonds is 4. The second-order valence-corrected chi connectivity index (χ2v) is 10.6. The second kappa shape index (κ2) is 4.95. The standard InChI is InChI=1S/C13H21OSi/c1-11-8-6-7-9-13(11)10-14-12(2)15(3,4)5/h6-9,12H,1,10H2,2-5H3. The minimum Gasteiger partial charge on any atom is -0.377 e. The van der Waals surface area contributed by atoms with Crippen molar-refractivity contribution in [3.63, 3.8) is 0 Å². The molecule has 1 unspecified atom stereocenters. The fraction of sp³-hybridized carbons (Fsp3) is 0.462. The third-order valence-electron chi connectivity index (χ3n) is 2.83. The summed E-state index contributed by atoms with van der Waals surface area (Å²) in [7, 11) is -1.17. The molecule has 1 aromatic carbocycles. The van der Waals surface area contributed by atoms with Crippen molar-refractivity contribution in [3.8, 4) is 0 Å². The lowest BCUT2D eigenvalue weighted by Gasteiger charge is -2.25. The van der Waals surface area contributed by atoms with Crippen LogP contribution in [-0.4, -0.2) is 13.8 Å². The van der Waals surface area contributed by atoms with Gasteiger partial charge in [-0.15, -0.1) is 0 Å².